The molecule has 0 aliphatic heterocycles. The van der Waals surface area contributed by atoms with E-state index in [2.05, 4.69) is 12.2 Å². The molecule has 0 amide bonds. The number of unbranched alkanes of at least 4 members (excludes halogenated alkanes) is 3. The van der Waals surface area contributed by atoms with Crippen LogP contribution < -0.4 is 5.32 Å². The Morgan fingerprint density at radius 2 is 1.90 bits per heavy atom. The third-order valence-corrected chi connectivity index (χ3v) is 5.54. The van der Waals surface area contributed by atoms with Crippen molar-refractivity contribution in [3.8, 4) is 0 Å². The highest BCUT2D eigenvalue weighted by atomic mass is 32.2. The highest BCUT2D eigenvalue weighted by Crippen LogP contribution is 2.13. The van der Waals surface area contributed by atoms with Crippen molar-refractivity contribution in [3.05, 3.63) is 0 Å². The van der Waals surface area contributed by atoms with E-state index < -0.39 is 20.7 Å². The predicted molar refractivity (Wildman–Crippen MR) is 82.8 cm³/mol. The minimum Gasteiger partial charge on any atom is -0.389 e. The molecule has 5 nitrogen and oxygen atoms in total. The maximum absolute atomic E-state index is 11.5. The molecule has 6 heteroatoms. The lowest BCUT2D eigenvalue weighted by molar-refractivity contribution is 0.0353. The summed E-state index contributed by atoms with van der Waals surface area (Å²) < 4.78 is 27.6. The Labute approximate surface area is 124 Å². The van der Waals surface area contributed by atoms with Crippen LogP contribution in [0.3, 0.4) is 0 Å². The van der Waals surface area contributed by atoms with Crippen molar-refractivity contribution in [2.24, 2.45) is 0 Å². The number of rotatable bonds is 12. The van der Waals surface area contributed by atoms with Crippen LogP contribution in [0.25, 0.3) is 0 Å². The Kier molecular flexibility index (Phi) is 9.63. The molecular formula is C14H31NO4S. The second-order valence-electron chi connectivity index (χ2n) is 5.95. The van der Waals surface area contributed by atoms with Crippen LogP contribution in [-0.4, -0.2) is 56.9 Å². The molecule has 0 aromatic rings. The Bertz CT molecular complexity index is 341. The second kappa shape index (κ2) is 9.71. The van der Waals surface area contributed by atoms with Crippen LogP contribution >= 0.6 is 0 Å². The summed E-state index contributed by atoms with van der Waals surface area (Å²) in [4.78, 5) is 0. The Morgan fingerprint density at radius 3 is 2.45 bits per heavy atom. The van der Waals surface area contributed by atoms with E-state index in [0.29, 0.717) is 26.3 Å². The zero-order valence-corrected chi connectivity index (χ0v) is 14.1. The van der Waals surface area contributed by atoms with Gasteiger partial charge in [-0.3, -0.25) is 0 Å². The lowest BCUT2D eigenvalue weighted by Crippen LogP contribution is -2.44. The third-order valence-electron chi connectivity index (χ3n) is 3.39. The fourth-order valence-electron chi connectivity index (χ4n) is 1.58. The number of aliphatic hydroxyl groups excluding tert-OH is 1. The first-order valence-electron chi connectivity index (χ1n) is 7.37. The van der Waals surface area contributed by atoms with Gasteiger partial charge >= 0.3 is 0 Å². The summed E-state index contributed by atoms with van der Waals surface area (Å²) in [6.45, 7) is 7.13. The molecule has 2 N–H and O–H groups in total. The zero-order valence-electron chi connectivity index (χ0n) is 13.3. The second-order valence-corrected chi connectivity index (χ2v) is 8.60. The van der Waals surface area contributed by atoms with Gasteiger partial charge in [0.25, 0.3) is 0 Å². The first-order valence-corrected chi connectivity index (χ1v) is 9.26. The third kappa shape index (κ3) is 8.89. The average molecular weight is 309 g/mol. The largest absolute Gasteiger partial charge is 0.389 e. The lowest BCUT2D eigenvalue weighted by atomic mass is 10.2. The molecule has 20 heavy (non-hydrogen) atoms. The molecule has 122 valence electrons. The molecule has 0 saturated carbocycles. The first kappa shape index (κ1) is 19.8. The van der Waals surface area contributed by atoms with Crippen molar-refractivity contribution in [1.29, 1.82) is 0 Å². The normalized spacial score (nSPS) is 14.4. The molecule has 0 fully saturated rings. The summed E-state index contributed by atoms with van der Waals surface area (Å²) in [7, 11) is -3.11. The summed E-state index contributed by atoms with van der Waals surface area (Å²) in [6.07, 6.45) is 5.22. The van der Waals surface area contributed by atoms with E-state index in [4.69, 9.17) is 4.74 Å². The van der Waals surface area contributed by atoms with Gasteiger partial charge in [-0.2, -0.15) is 0 Å². The molecule has 0 aliphatic rings. The van der Waals surface area contributed by atoms with Crippen LogP contribution in [0.5, 0.6) is 0 Å². The van der Waals surface area contributed by atoms with Gasteiger partial charge in [-0.25, -0.2) is 8.42 Å². The standard InChI is InChI=1S/C14H31NO4S/c1-5-6-7-8-9-19-11-13(16)10-15-12-14(2,3)20(4,17)18/h13,15-16H,5-12H2,1-4H3. The minimum absolute atomic E-state index is 0.290. The molecule has 0 bridgehead atoms. The van der Waals surface area contributed by atoms with Crippen molar-refractivity contribution >= 4 is 9.84 Å². The fourth-order valence-corrected chi connectivity index (χ4v) is 1.94. The molecule has 1 unspecified atom stereocenters. The molecule has 0 spiro atoms. The smallest absolute Gasteiger partial charge is 0.153 e. The van der Waals surface area contributed by atoms with E-state index in [1.165, 1.54) is 19.1 Å². The Morgan fingerprint density at radius 1 is 1.25 bits per heavy atom. The molecule has 1 atom stereocenters. The van der Waals surface area contributed by atoms with Crippen molar-refractivity contribution in [2.75, 3.05) is 32.6 Å². The van der Waals surface area contributed by atoms with Crippen LogP contribution in [0.4, 0.5) is 0 Å². The van der Waals surface area contributed by atoms with Crippen LogP contribution in [0.2, 0.25) is 0 Å². The summed E-state index contributed by atoms with van der Waals surface area (Å²) >= 11 is 0. The van der Waals surface area contributed by atoms with Crippen LogP contribution in [0.15, 0.2) is 0 Å². The van der Waals surface area contributed by atoms with Gasteiger partial charge in [-0.05, 0) is 20.3 Å². The van der Waals surface area contributed by atoms with Gasteiger partial charge < -0.3 is 15.2 Å². The lowest BCUT2D eigenvalue weighted by Gasteiger charge is -2.23. The first-order chi connectivity index (χ1) is 9.20. The molecule has 0 heterocycles. The highest BCUT2D eigenvalue weighted by molar-refractivity contribution is 7.92. The highest BCUT2D eigenvalue weighted by Gasteiger charge is 2.29. The van der Waals surface area contributed by atoms with E-state index in [1.54, 1.807) is 13.8 Å². The Balaban J connectivity index is 3.66. The van der Waals surface area contributed by atoms with E-state index >= 15 is 0 Å². The van der Waals surface area contributed by atoms with Crippen molar-refractivity contribution in [2.45, 2.75) is 57.3 Å². The quantitative estimate of drug-likeness (QED) is 0.532. The molecule has 0 aliphatic carbocycles. The van der Waals surface area contributed by atoms with Gasteiger partial charge in [0.2, 0.25) is 0 Å². The van der Waals surface area contributed by atoms with Gasteiger partial charge in [0.1, 0.15) is 0 Å². The van der Waals surface area contributed by atoms with Gasteiger partial charge in [-0.15, -0.1) is 0 Å². The maximum atomic E-state index is 11.5. The number of ether oxygens (including phenoxy) is 1. The predicted octanol–water partition coefficient (Wildman–Crippen LogP) is 1.36. The molecule has 0 rings (SSSR count). The number of hydrogen-bond acceptors (Lipinski definition) is 5. The number of aliphatic hydroxyl groups is 1. The SMILES string of the molecule is CCCCCCOCC(O)CNCC(C)(C)S(C)(=O)=O. The molecule has 0 radical (unpaired) electrons. The maximum Gasteiger partial charge on any atom is 0.153 e. The fraction of sp³-hybridized carbons (Fsp3) is 1.00. The average Bonchev–Trinajstić information content (AvgIpc) is 2.32. The number of sulfone groups is 1. The number of nitrogens with one attached hydrogen (secondary N) is 1. The number of hydrogen-bond donors (Lipinski definition) is 2. The minimum atomic E-state index is -3.11. The van der Waals surface area contributed by atoms with Crippen molar-refractivity contribution in [3.63, 3.8) is 0 Å². The van der Waals surface area contributed by atoms with Crippen LogP contribution in [-0.2, 0) is 14.6 Å². The summed E-state index contributed by atoms with van der Waals surface area (Å²) in [5.74, 6) is 0. The van der Waals surface area contributed by atoms with Crippen LogP contribution in [0, 0.1) is 0 Å². The Hall–Kier alpha value is -0.170. The van der Waals surface area contributed by atoms with Crippen LogP contribution in [0.1, 0.15) is 46.5 Å². The molecule has 0 saturated heterocycles. The van der Waals surface area contributed by atoms with Gasteiger partial charge in [0.15, 0.2) is 9.84 Å². The van der Waals surface area contributed by atoms with E-state index in [0.717, 1.165) is 12.8 Å². The van der Waals surface area contributed by atoms with E-state index in [9.17, 15) is 13.5 Å². The van der Waals surface area contributed by atoms with Gasteiger partial charge in [-0.1, -0.05) is 26.2 Å². The van der Waals surface area contributed by atoms with Gasteiger partial charge in [0, 0.05) is 26.0 Å². The van der Waals surface area contributed by atoms with Crippen molar-refractivity contribution < 1.29 is 18.3 Å². The summed E-state index contributed by atoms with van der Waals surface area (Å²) in [5.41, 5.74) is 0. The molecular weight excluding hydrogens is 278 g/mol. The zero-order chi connectivity index (χ0) is 15.6. The van der Waals surface area contributed by atoms with Gasteiger partial charge in [0.05, 0.1) is 17.5 Å². The van der Waals surface area contributed by atoms with E-state index in [1.807, 2.05) is 0 Å². The molecule has 0 aromatic heterocycles. The molecule has 0 aromatic carbocycles. The summed E-state index contributed by atoms with van der Waals surface area (Å²) in [5, 5.41) is 12.7. The van der Waals surface area contributed by atoms with E-state index in [-0.39, 0.29) is 0 Å². The monoisotopic (exact) mass is 309 g/mol. The summed E-state index contributed by atoms with van der Waals surface area (Å²) in [6, 6.07) is 0. The van der Waals surface area contributed by atoms with Crippen molar-refractivity contribution in [1.82, 2.24) is 5.32 Å². The topological polar surface area (TPSA) is 75.6 Å².